The Hall–Kier alpha value is -2.95. The highest BCUT2D eigenvalue weighted by atomic mass is 16.5. The van der Waals surface area contributed by atoms with Gasteiger partial charge in [0.15, 0.2) is 11.5 Å². The predicted molar refractivity (Wildman–Crippen MR) is 105 cm³/mol. The molecule has 0 atom stereocenters. The van der Waals surface area contributed by atoms with Crippen LogP contribution in [-0.2, 0) is 0 Å². The van der Waals surface area contributed by atoms with E-state index in [0.717, 1.165) is 27.6 Å². The normalized spacial score (nSPS) is 10.1. The summed E-state index contributed by atoms with van der Waals surface area (Å²) in [7, 11) is 4.73. The summed E-state index contributed by atoms with van der Waals surface area (Å²) >= 11 is 0. The van der Waals surface area contributed by atoms with Crippen molar-refractivity contribution >= 4 is 10.9 Å². The molecule has 5 heteroatoms. The highest BCUT2D eigenvalue weighted by Crippen LogP contribution is 2.46. The Bertz CT molecular complexity index is 906. The zero-order valence-corrected chi connectivity index (χ0v) is 16.1. The van der Waals surface area contributed by atoms with Crippen LogP contribution in [0.1, 0.15) is 19.4 Å². The number of hydrogen-bond acceptors (Lipinski definition) is 5. The van der Waals surface area contributed by atoms with Gasteiger partial charge in [0, 0.05) is 12.3 Å². The van der Waals surface area contributed by atoms with Crippen LogP contribution in [0.15, 0.2) is 36.5 Å². The van der Waals surface area contributed by atoms with E-state index in [1.807, 2.05) is 45.0 Å². The molecule has 26 heavy (non-hydrogen) atoms. The topological polar surface area (TPSA) is 60.8 Å². The molecular formula is C21H25NO4. The van der Waals surface area contributed by atoms with Crippen LogP contribution < -0.4 is 14.2 Å². The lowest BCUT2D eigenvalue weighted by Crippen LogP contribution is -1.98. The Morgan fingerprint density at radius 3 is 2.15 bits per heavy atom. The molecule has 0 bridgehead atoms. The van der Waals surface area contributed by atoms with Crippen LogP contribution in [-0.4, -0.2) is 31.4 Å². The standard InChI is InChI=1S/C19H19NO4.C2H6/c1-11-5-6-12(9-15(11)21)13-7-8-20-14-10-16(22-2)18(23-3)19(24-4)17(13)14;1-2/h5-10,21H,1-4H3;1-2H3. The number of ether oxygens (including phenoxy) is 3. The van der Waals surface area contributed by atoms with Gasteiger partial charge in [0.1, 0.15) is 5.75 Å². The van der Waals surface area contributed by atoms with E-state index in [0.29, 0.717) is 17.2 Å². The van der Waals surface area contributed by atoms with E-state index in [4.69, 9.17) is 14.2 Å². The van der Waals surface area contributed by atoms with E-state index < -0.39 is 0 Å². The molecule has 0 saturated heterocycles. The molecule has 0 saturated carbocycles. The molecule has 0 aliphatic heterocycles. The molecule has 0 radical (unpaired) electrons. The molecule has 3 aromatic rings. The van der Waals surface area contributed by atoms with Crippen LogP contribution >= 0.6 is 0 Å². The second kappa shape index (κ2) is 8.43. The fourth-order valence-corrected chi connectivity index (χ4v) is 2.80. The van der Waals surface area contributed by atoms with Crippen molar-refractivity contribution in [2.75, 3.05) is 21.3 Å². The van der Waals surface area contributed by atoms with Gasteiger partial charge in [-0.25, -0.2) is 0 Å². The van der Waals surface area contributed by atoms with Crippen LogP contribution in [0.25, 0.3) is 22.0 Å². The molecule has 3 rings (SSSR count). The van der Waals surface area contributed by atoms with Gasteiger partial charge in [-0.05, 0) is 35.7 Å². The number of pyridine rings is 1. The molecule has 0 aliphatic rings. The van der Waals surface area contributed by atoms with Crippen LogP contribution in [0.2, 0.25) is 0 Å². The van der Waals surface area contributed by atoms with Gasteiger partial charge in [0.05, 0.1) is 32.2 Å². The second-order valence-electron chi connectivity index (χ2n) is 5.40. The summed E-state index contributed by atoms with van der Waals surface area (Å²) in [6.07, 6.45) is 1.72. The van der Waals surface area contributed by atoms with Crippen molar-refractivity contribution in [1.82, 2.24) is 4.98 Å². The highest BCUT2D eigenvalue weighted by Gasteiger charge is 2.20. The van der Waals surface area contributed by atoms with Gasteiger partial charge in [0.2, 0.25) is 5.75 Å². The van der Waals surface area contributed by atoms with E-state index >= 15 is 0 Å². The number of phenolic OH excluding ortho intramolecular Hbond substituents is 1. The minimum Gasteiger partial charge on any atom is -0.508 e. The number of aryl methyl sites for hydroxylation is 1. The van der Waals surface area contributed by atoms with Crippen LogP contribution in [0.3, 0.4) is 0 Å². The summed E-state index contributed by atoms with van der Waals surface area (Å²) in [5, 5.41) is 10.9. The number of aromatic nitrogens is 1. The first-order valence-corrected chi connectivity index (χ1v) is 8.48. The zero-order chi connectivity index (χ0) is 19.3. The first kappa shape index (κ1) is 19.4. The molecular weight excluding hydrogens is 330 g/mol. The van der Waals surface area contributed by atoms with Crippen LogP contribution in [0.5, 0.6) is 23.0 Å². The number of aromatic hydroxyl groups is 1. The largest absolute Gasteiger partial charge is 0.508 e. The lowest BCUT2D eigenvalue weighted by Gasteiger charge is -2.17. The smallest absolute Gasteiger partial charge is 0.204 e. The minimum absolute atomic E-state index is 0.247. The molecule has 0 aliphatic carbocycles. The number of benzene rings is 2. The number of nitrogens with zero attached hydrogens (tertiary/aromatic N) is 1. The second-order valence-corrected chi connectivity index (χ2v) is 5.40. The van der Waals surface area contributed by atoms with Gasteiger partial charge < -0.3 is 19.3 Å². The lowest BCUT2D eigenvalue weighted by molar-refractivity contribution is 0.327. The van der Waals surface area contributed by atoms with E-state index in [9.17, 15) is 5.11 Å². The average Bonchev–Trinajstić information content (AvgIpc) is 2.69. The van der Waals surface area contributed by atoms with Crippen molar-refractivity contribution in [2.24, 2.45) is 0 Å². The maximum absolute atomic E-state index is 10.1. The molecule has 0 fully saturated rings. The first-order valence-electron chi connectivity index (χ1n) is 8.48. The van der Waals surface area contributed by atoms with Gasteiger partial charge in [-0.1, -0.05) is 26.0 Å². The van der Waals surface area contributed by atoms with Crippen molar-refractivity contribution in [3.8, 4) is 34.1 Å². The van der Waals surface area contributed by atoms with Gasteiger partial charge in [0.25, 0.3) is 0 Å². The molecule has 0 amide bonds. The summed E-state index contributed by atoms with van der Waals surface area (Å²) < 4.78 is 16.5. The van der Waals surface area contributed by atoms with Crippen molar-refractivity contribution in [3.63, 3.8) is 0 Å². The quantitative estimate of drug-likeness (QED) is 0.716. The Kier molecular flexibility index (Phi) is 6.28. The number of rotatable bonds is 4. The van der Waals surface area contributed by atoms with E-state index in [1.54, 1.807) is 33.6 Å². The van der Waals surface area contributed by atoms with Gasteiger partial charge in [-0.2, -0.15) is 0 Å². The van der Waals surface area contributed by atoms with Crippen molar-refractivity contribution in [1.29, 1.82) is 0 Å². The number of phenols is 1. The summed E-state index contributed by atoms with van der Waals surface area (Å²) in [6.45, 7) is 5.86. The summed E-state index contributed by atoms with van der Waals surface area (Å²) in [4.78, 5) is 4.42. The summed E-state index contributed by atoms with van der Waals surface area (Å²) in [6, 6.07) is 9.28. The van der Waals surface area contributed by atoms with Crippen LogP contribution in [0, 0.1) is 6.92 Å². The molecule has 138 valence electrons. The molecule has 1 N–H and O–H groups in total. The Balaban J connectivity index is 0.00000117. The number of fused-ring (bicyclic) bond motifs is 1. The zero-order valence-electron chi connectivity index (χ0n) is 16.1. The van der Waals surface area contributed by atoms with Crippen LogP contribution in [0.4, 0.5) is 0 Å². The third kappa shape index (κ3) is 3.38. The van der Waals surface area contributed by atoms with Gasteiger partial charge in [-0.3, -0.25) is 4.98 Å². The molecule has 0 unspecified atom stereocenters. The number of methoxy groups -OCH3 is 3. The molecule has 1 heterocycles. The first-order chi connectivity index (χ1) is 12.6. The average molecular weight is 355 g/mol. The lowest BCUT2D eigenvalue weighted by atomic mass is 9.98. The van der Waals surface area contributed by atoms with Crippen molar-refractivity contribution in [2.45, 2.75) is 20.8 Å². The fourth-order valence-electron chi connectivity index (χ4n) is 2.80. The van der Waals surface area contributed by atoms with E-state index in [1.165, 1.54) is 0 Å². The van der Waals surface area contributed by atoms with Crippen molar-refractivity contribution in [3.05, 3.63) is 42.1 Å². The maximum atomic E-state index is 10.1. The minimum atomic E-state index is 0.247. The maximum Gasteiger partial charge on any atom is 0.204 e. The highest BCUT2D eigenvalue weighted by molar-refractivity contribution is 6.01. The molecule has 5 nitrogen and oxygen atoms in total. The Labute approximate surface area is 154 Å². The molecule has 2 aromatic carbocycles. The molecule has 1 aromatic heterocycles. The fraction of sp³-hybridized carbons (Fsp3) is 0.286. The van der Waals surface area contributed by atoms with Gasteiger partial charge >= 0.3 is 0 Å². The van der Waals surface area contributed by atoms with E-state index in [-0.39, 0.29) is 5.75 Å². The summed E-state index contributed by atoms with van der Waals surface area (Å²) in [5.74, 6) is 1.86. The third-order valence-electron chi connectivity index (χ3n) is 4.05. The molecule has 0 spiro atoms. The SMILES string of the molecule is CC.COc1cc2nccc(-c3ccc(C)c(O)c3)c2c(OC)c1OC. The Morgan fingerprint density at radius 2 is 1.58 bits per heavy atom. The predicted octanol–water partition coefficient (Wildman–Crippen LogP) is 4.97. The van der Waals surface area contributed by atoms with E-state index in [2.05, 4.69) is 4.98 Å². The third-order valence-corrected chi connectivity index (χ3v) is 4.05. The van der Waals surface area contributed by atoms with Crippen molar-refractivity contribution < 1.29 is 19.3 Å². The number of hydrogen-bond donors (Lipinski definition) is 1. The summed E-state index contributed by atoms with van der Waals surface area (Å²) in [5.41, 5.74) is 3.31. The van der Waals surface area contributed by atoms with Gasteiger partial charge in [-0.15, -0.1) is 0 Å². The monoisotopic (exact) mass is 355 g/mol. The Morgan fingerprint density at radius 1 is 0.885 bits per heavy atom.